The molecule has 8 heteroatoms. The molecule has 0 bridgehead atoms. The van der Waals surface area contributed by atoms with Crippen molar-refractivity contribution in [2.75, 3.05) is 0 Å². The summed E-state index contributed by atoms with van der Waals surface area (Å²) in [7, 11) is 0. The fraction of sp³-hybridized carbons (Fsp3) is 0.750. The second-order valence-corrected chi connectivity index (χ2v) is 14.3. The van der Waals surface area contributed by atoms with E-state index in [1.165, 1.54) is 0 Å². The van der Waals surface area contributed by atoms with Gasteiger partial charge < -0.3 is 15.2 Å². The number of hydrogen-bond donors (Lipinski definition) is 3. The molecule has 220 valence electrons. The van der Waals surface area contributed by atoms with Crippen molar-refractivity contribution in [1.82, 2.24) is 9.97 Å². The Bertz CT molecular complexity index is 1380. The van der Waals surface area contributed by atoms with Crippen LogP contribution < -0.4 is 5.56 Å². The van der Waals surface area contributed by atoms with E-state index in [0.29, 0.717) is 47.8 Å². The van der Waals surface area contributed by atoms with Crippen LogP contribution in [0.3, 0.4) is 0 Å². The zero-order chi connectivity index (χ0) is 28.7. The fourth-order valence-corrected chi connectivity index (χ4v) is 10.3. The summed E-state index contributed by atoms with van der Waals surface area (Å²) in [4.78, 5) is 19.4. The third-order valence-electron chi connectivity index (χ3n) is 12.5. The van der Waals surface area contributed by atoms with Gasteiger partial charge in [0.2, 0.25) is 0 Å². The van der Waals surface area contributed by atoms with E-state index in [1.54, 1.807) is 0 Å². The highest BCUT2D eigenvalue weighted by Gasteiger charge is 2.62. The lowest BCUT2D eigenvalue weighted by Crippen LogP contribution is -2.58. The van der Waals surface area contributed by atoms with Gasteiger partial charge in [0.15, 0.2) is 17.5 Å². The highest BCUT2D eigenvalue weighted by molar-refractivity contribution is 5.80. The maximum absolute atomic E-state index is 14.7. The Labute approximate surface area is 234 Å². The van der Waals surface area contributed by atoms with E-state index in [-0.39, 0.29) is 23.0 Å². The van der Waals surface area contributed by atoms with Gasteiger partial charge in [-0.15, -0.1) is 0 Å². The molecule has 0 saturated heterocycles. The number of fused-ring (bicyclic) bond motifs is 6. The summed E-state index contributed by atoms with van der Waals surface area (Å²) in [5.41, 5.74) is -1.44. The molecule has 1 aromatic heterocycles. The van der Waals surface area contributed by atoms with E-state index in [9.17, 15) is 28.2 Å². The zero-order valence-corrected chi connectivity index (χ0v) is 24.1. The summed E-state index contributed by atoms with van der Waals surface area (Å²) < 4.78 is 43.2. The molecule has 1 unspecified atom stereocenters. The molecule has 6 rings (SSSR count). The Hall–Kier alpha value is -1.93. The summed E-state index contributed by atoms with van der Waals surface area (Å²) in [6.45, 7) is 8.22. The van der Waals surface area contributed by atoms with Gasteiger partial charge >= 0.3 is 0 Å². The highest BCUT2D eigenvalue weighted by atomic mass is 19.2. The van der Waals surface area contributed by atoms with Crippen molar-refractivity contribution in [3.63, 3.8) is 0 Å². The molecule has 1 heterocycles. The lowest BCUT2D eigenvalue weighted by molar-refractivity contribution is -0.174. The van der Waals surface area contributed by atoms with Crippen LogP contribution in [0.4, 0.5) is 13.2 Å². The average molecular weight is 561 g/mol. The molecule has 4 aliphatic rings. The van der Waals surface area contributed by atoms with Crippen molar-refractivity contribution in [2.24, 2.45) is 46.3 Å². The molecule has 4 saturated carbocycles. The maximum Gasteiger partial charge on any atom is 0.261 e. The van der Waals surface area contributed by atoms with Crippen molar-refractivity contribution in [1.29, 1.82) is 0 Å². The van der Waals surface area contributed by atoms with E-state index >= 15 is 0 Å². The largest absolute Gasteiger partial charge is 0.393 e. The van der Waals surface area contributed by atoms with Crippen LogP contribution in [0.25, 0.3) is 10.9 Å². The predicted molar refractivity (Wildman–Crippen MR) is 147 cm³/mol. The van der Waals surface area contributed by atoms with Crippen LogP contribution in [0.5, 0.6) is 0 Å². The van der Waals surface area contributed by atoms with Crippen LogP contribution in [0.2, 0.25) is 0 Å². The minimum Gasteiger partial charge on any atom is -0.393 e. The van der Waals surface area contributed by atoms with Crippen molar-refractivity contribution in [3.05, 3.63) is 39.2 Å². The molecule has 40 heavy (non-hydrogen) atoms. The van der Waals surface area contributed by atoms with Gasteiger partial charge in [-0.05, 0) is 111 Å². The highest BCUT2D eigenvalue weighted by Crippen LogP contribution is 2.68. The zero-order valence-electron chi connectivity index (χ0n) is 24.1. The number of aryl methyl sites for hydroxylation is 1. The van der Waals surface area contributed by atoms with Crippen LogP contribution in [0.15, 0.2) is 4.79 Å². The molecule has 5 nitrogen and oxygen atoms in total. The molecule has 0 aliphatic heterocycles. The normalized spacial score (nSPS) is 40.0. The molecule has 0 amide bonds. The molecule has 2 aromatic rings. The molecule has 0 radical (unpaired) electrons. The average Bonchev–Trinajstić information content (AvgIpc) is 3.27. The van der Waals surface area contributed by atoms with Gasteiger partial charge in [0.1, 0.15) is 16.7 Å². The SMILES string of the molecule is Cc1c(F)c(F)c2c(=O)[nH]c(CC[C@@H](C)[C@H]3CC[C@H]4[C@H]5C(CC[C@]34C)[C@@]3(C)CC[C@@H](O)C[C@H]3C[C@@H]5O)nc2c1F. The Kier molecular flexibility index (Phi) is 6.93. The number of aliphatic hydroxyl groups excluding tert-OH is 2. The van der Waals surface area contributed by atoms with Gasteiger partial charge in [-0.1, -0.05) is 20.8 Å². The maximum atomic E-state index is 14.7. The standard InChI is InChI=1S/C32H43F3N2O3/c1-15(5-8-23-36-29-25(30(40)37-23)28(35)26(33)16(2)27(29)34)19-6-7-20-24-21(10-12-32(19,20)4)31(3)11-9-18(38)13-17(31)14-22(24)39/h15,17-22,24,38-39H,5-14H2,1-4H3,(H,36,37,40)/t15-,17+,18-,19-,20+,21?,22+,24+,31+,32-/m1/s1. The summed E-state index contributed by atoms with van der Waals surface area (Å²) in [5, 5.41) is 21.1. The second-order valence-electron chi connectivity index (χ2n) is 14.3. The number of halogens is 3. The molecular formula is C32H43F3N2O3. The van der Waals surface area contributed by atoms with Crippen LogP contribution in [-0.2, 0) is 6.42 Å². The lowest BCUT2D eigenvalue weighted by Gasteiger charge is -2.62. The van der Waals surface area contributed by atoms with Crippen molar-refractivity contribution < 1.29 is 23.4 Å². The number of aromatic amines is 1. The Balaban J connectivity index is 1.20. The number of aromatic nitrogens is 2. The quantitative estimate of drug-likeness (QED) is 0.388. The summed E-state index contributed by atoms with van der Waals surface area (Å²) in [6, 6.07) is 0. The number of aliphatic hydroxyl groups is 2. The summed E-state index contributed by atoms with van der Waals surface area (Å²) in [5.74, 6) is -0.993. The number of benzene rings is 1. The third kappa shape index (κ3) is 4.10. The van der Waals surface area contributed by atoms with E-state index in [4.69, 9.17) is 0 Å². The first-order chi connectivity index (χ1) is 18.9. The molecule has 3 N–H and O–H groups in total. The van der Waals surface area contributed by atoms with Crippen molar-refractivity contribution in [2.45, 2.75) is 104 Å². The third-order valence-corrected chi connectivity index (χ3v) is 12.5. The minimum absolute atomic E-state index is 0.118. The topological polar surface area (TPSA) is 86.2 Å². The Morgan fingerprint density at radius 2 is 1.68 bits per heavy atom. The van der Waals surface area contributed by atoms with Gasteiger partial charge in [-0.2, -0.15) is 0 Å². The summed E-state index contributed by atoms with van der Waals surface area (Å²) >= 11 is 0. The lowest BCUT2D eigenvalue weighted by atomic mass is 9.43. The monoisotopic (exact) mass is 560 g/mol. The smallest absolute Gasteiger partial charge is 0.261 e. The number of nitrogens with one attached hydrogen (secondary N) is 1. The first-order valence-corrected chi connectivity index (χ1v) is 15.3. The first-order valence-electron chi connectivity index (χ1n) is 15.3. The van der Waals surface area contributed by atoms with Gasteiger partial charge in [-0.25, -0.2) is 18.2 Å². The van der Waals surface area contributed by atoms with E-state index in [1.807, 2.05) is 0 Å². The van der Waals surface area contributed by atoms with Gasteiger partial charge in [0, 0.05) is 12.0 Å². The molecule has 10 atom stereocenters. The Morgan fingerprint density at radius 3 is 2.42 bits per heavy atom. The van der Waals surface area contributed by atoms with Gasteiger partial charge in [0.05, 0.1) is 12.2 Å². The molecule has 1 aromatic carbocycles. The number of rotatable bonds is 4. The van der Waals surface area contributed by atoms with Gasteiger partial charge in [-0.3, -0.25) is 4.79 Å². The summed E-state index contributed by atoms with van der Waals surface area (Å²) in [6.07, 6.45) is 8.56. The molecule has 4 aliphatic carbocycles. The van der Waals surface area contributed by atoms with E-state index in [2.05, 4.69) is 30.7 Å². The first kappa shape index (κ1) is 28.2. The Morgan fingerprint density at radius 1 is 0.975 bits per heavy atom. The van der Waals surface area contributed by atoms with Crippen molar-refractivity contribution in [3.8, 4) is 0 Å². The molecule has 4 fully saturated rings. The second kappa shape index (κ2) is 9.82. The molecule has 0 spiro atoms. The number of nitrogens with zero attached hydrogens (tertiary/aromatic N) is 1. The van der Waals surface area contributed by atoms with E-state index in [0.717, 1.165) is 64.7 Å². The van der Waals surface area contributed by atoms with Crippen LogP contribution >= 0.6 is 0 Å². The van der Waals surface area contributed by atoms with Gasteiger partial charge in [0.25, 0.3) is 5.56 Å². The van der Waals surface area contributed by atoms with E-state index < -0.39 is 39.5 Å². The number of H-pyrrole nitrogens is 1. The predicted octanol–water partition coefficient (Wildman–Crippen LogP) is 6.21. The fourth-order valence-electron chi connectivity index (χ4n) is 10.3. The molecular weight excluding hydrogens is 517 g/mol. The minimum atomic E-state index is -1.36. The van der Waals surface area contributed by atoms with Crippen LogP contribution in [0.1, 0.15) is 89.9 Å². The van der Waals surface area contributed by atoms with Crippen LogP contribution in [-0.4, -0.2) is 32.4 Å². The van der Waals surface area contributed by atoms with Crippen molar-refractivity contribution >= 4 is 10.9 Å². The van der Waals surface area contributed by atoms with Crippen LogP contribution in [0, 0.1) is 70.7 Å². The number of hydrogen-bond acceptors (Lipinski definition) is 4.